The van der Waals surface area contributed by atoms with Crippen LogP contribution >= 0.6 is 0 Å². The Hall–Kier alpha value is -3.68. The van der Waals surface area contributed by atoms with Crippen molar-refractivity contribution in [3.8, 4) is 0 Å². The lowest BCUT2D eigenvalue weighted by Gasteiger charge is -2.40. The van der Waals surface area contributed by atoms with E-state index in [-0.39, 0.29) is 11.3 Å². The van der Waals surface area contributed by atoms with Crippen LogP contribution < -0.4 is 5.32 Å². The van der Waals surface area contributed by atoms with E-state index in [1.54, 1.807) is 0 Å². The predicted octanol–water partition coefficient (Wildman–Crippen LogP) is 5.04. The molecule has 1 aromatic heterocycles. The number of aromatic nitrogens is 1. The summed E-state index contributed by atoms with van der Waals surface area (Å²) in [7, 11) is 0. The van der Waals surface area contributed by atoms with Gasteiger partial charge in [-0.25, -0.2) is 9.59 Å². The lowest BCUT2D eigenvalue weighted by molar-refractivity contribution is -0.193. The molecule has 2 fully saturated rings. The lowest BCUT2D eigenvalue weighted by Crippen LogP contribution is -2.41. The van der Waals surface area contributed by atoms with Crippen LogP contribution in [0.25, 0.3) is 0 Å². The van der Waals surface area contributed by atoms with Gasteiger partial charge in [0.15, 0.2) is 0 Å². The monoisotopic (exact) mass is 603 g/mol. The standard InChI is InChI=1S/C24H29N3O.2C2HF3O2/c28-23(26-20-7-8-20)14-19-15-24(22-6-2-1-5-21(19)22)9-12-27(13-10-24)17-18-4-3-11-25-16-18;2*3-2(4,5)1(6)7/h1-6,11,16,19-20H,7-10,12-15,17H2,(H,26,28);2*(H,6,7). The van der Waals surface area contributed by atoms with Gasteiger partial charge in [0, 0.05) is 31.4 Å². The number of nitrogens with one attached hydrogen (secondary N) is 1. The number of fused-ring (bicyclic) bond motifs is 2. The van der Waals surface area contributed by atoms with Gasteiger partial charge in [-0.3, -0.25) is 14.7 Å². The number of carbonyl (C=O) groups excluding carboxylic acids is 1. The Bertz CT molecular complexity index is 1200. The number of aliphatic carboxylic acids is 2. The molecular formula is C28H31F6N3O5. The van der Waals surface area contributed by atoms with E-state index >= 15 is 0 Å². The number of halogens is 6. The van der Waals surface area contributed by atoms with E-state index in [0.717, 1.165) is 38.9 Å². The molecule has 3 N–H and O–H groups in total. The molecule has 42 heavy (non-hydrogen) atoms. The van der Waals surface area contributed by atoms with Gasteiger partial charge in [-0.05, 0) is 79.3 Å². The van der Waals surface area contributed by atoms with Gasteiger partial charge in [0.05, 0.1) is 0 Å². The lowest BCUT2D eigenvalue weighted by atomic mass is 9.73. The number of carbonyl (C=O) groups is 3. The third-order valence-corrected chi connectivity index (χ3v) is 7.41. The van der Waals surface area contributed by atoms with Gasteiger partial charge < -0.3 is 15.5 Å². The number of hydrogen-bond donors (Lipinski definition) is 3. The third kappa shape index (κ3) is 9.43. The molecule has 2 aliphatic carbocycles. The fourth-order valence-electron chi connectivity index (χ4n) is 5.31. The maximum atomic E-state index is 12.5. The van der Waals surface area contributed by atoms with Gasteiger partial charge in [0.25, 0.3) is 0 Å². The molecule has 8 nitrogen and oxygen atoms in total. The summed E-state index contributed by atoms with van der Waals surface area (Å²) in [6, 6.07) is 13.5. The Kier molecular flexibility index (Phi) is 10.6. The number of likely N-dealkylation sites (tertiary alicyclic amines) is 1. The minimum Gasteiger partial charge on any atom is -0.475 e. The van der Waals surface area contributed by atoms with Crippen molar-refractivity contribution in [2.45, 2.75) is 74.8 Å². The van der Waals surface area contributed by atoms with Crippen molar-refractivity contribution in [3.63, 3.8) is 0 Å². The van der Waals surface area contributed by atoms with Gasteiger partial charge in [-0.15, -0.1) is 0 Å². The molecular weight excluding hydrogens is 572 g/mol. The van der Waals surface area contributed by atoms with Gasteiger partial charge in [0.2, 0.25) is 5.91 Å². The van der Waals surface area contributed by atoms with Crippen LogP contribution in [-0.4, -0.2) is 69.4 Å². The highest BCUT2D eigenvalue weighted by Crippen LogP contribution is 2.52. The highest BCUT2D eigenvalue weighted by atomic mass is 19.4. The fraction of sp³-hybridized carbons (Fsp3) is 0.500. The Labute approximate surface area is 237 Å². The molecule has 1 saturated heterocycles. The van der Waals surface area contributed by atoms with E-state index in [4.69, 9.17) is 19.8 Å². The van der Waals surface area contributed by atoms with E-state index in [1.807, 2.05) is 18.5 Å². The molecule has 3 aliphatic rings. The topological polar surface area (TPSA) is 120 Å². The molecule has 5 rings (SSSR count). The molecule has 1 saturated carbocycles. The Morgan fingerprint density at radius 3 is 2.00 bits per heavy atom. The highest BCUT2D eigenvalue weighted by molar-refractivity contribution is 5.78. The molecule has 14 heteroatoms. The van der Waals surface area contributed by atoms with Crippen molar-refractivity contribution < 1.29 is 50.9 Å². The van der Waals surface area contributed by atoms with E-state index in [2.05, 4.69) is 45.5 Å². The number of hydrogen-bond acceptors (Lipinski definition) is 5. The molecule has 2 aromatic rings. The second-order valence-electron chi connectivity index (χ2n) is 10.6. The van der Waals surface area contributed by atoms with Crippen molar-refractivity contribution in [1.82, 2.24) is 15.2 Å². The smallest absolute Gasteiger partial charge is 0.475 e. The zero-order valence-corrected chi connectivity index (χ0v) is 22.4. The molecule has 2 heterocycles. The zero-order valence-electron chi connectivity index (χ0n) is 22.4. The Morgan fingerprint density at radius 2 is 1.50 bits per heavy atom. The predicted molar refractivity (Wildman–Crippen MR) is 137 cm³/mol. The van der Waals surface area contributed by atoms with Crippen LogP contribution in [0.3, 0.4) is 0 Å². The summed E-state index contributed by atoms with van der Waals surface area (Å²) in [4.78, 5) is 37.1. The van der Waals surface area contributed by atoms with Gasteiger partial charge in [-0.1, -0.05) is 30.3 Å². The number of amides is 1. The number of pyridine rings is 1. The summed E-state index contributed by atoms with van der Waals surface area (Å²) in [5.74, 6) is -4.90. The molecule has 230 valence electrons. The number of rotatable bonds is 5. The number of piperidine rings is 1. The maximum absolute atomic E-state index is 12.5. The first-order chi connectivity index (χ1) is 19.6. The highest BCUT2D eigenvalue weighted by Gasteiger charge is 2.45. The zero-order chi connectivity index (χ0) is 31.1. The summed E-state index contributed by atoms with van der Waals surface area (Å²) < 4.78 is 63.5. The summed E-state index contributed by atoms with van der Waals surface area (Å²) in [5.41, 5.74) is 4.49. The van der Waals surface area contributed by atoms with E-state index < -0.39 is 24.3 Å². The second-order valence-corrected chi connectivity index (χ2v) is 10.6. The van der Waals surface area contributed by atoms with Gasteiger partial charge in [0.1, 0.15) is 0 Å². The minimum atomic E-state index is -5.08. The second kappa shape index (κ2) is 13.5. The van der Waals surface area contributed by atoms with Crippen LogP contribution in [0, 0.1) is 0 Å². The van der Waals surface area contributed by atoms with Crippen molar-refractivity contribution in [3.05, 3.63) is 65.5 Å². The minimum absolute atomic E-state index is 0.244. The molecule has 1 aromatic carbocycles. The first-order valence-electron chi connectivity index (χ1n) is 13.2. The van der Waals surface area contributed by atoms with Crippen LogP contribution in [0.1, 0.15) is 61.1 Å². The van der Waals surface area contributed by atoms with Crippen molar-refractivity contribution in [2.24, 2.45) is 0 Å². The Morgan fingerprint density at radius 1 is 0.929 bits per heavy atom. The summed E-state index contributed by atoms with van der Waals surface area (Å²) in [5, 5.41) is 17.4. The van der Waals surface area contributed by atoms with E-state index in [0.29, 0.717) is 18.4 Å². The molecule has 0 bridgehead atoms. The van der Waals surface area contributed by atoms with Crippen molar-refractivity contribution in [2.75, 3.05) is 13.1 Å². The largest absolute Gasteiger partial charge is 0.490 e. The fourth-order valence-corrected chi connectivity index (χ4v) is 5.31. The van der Waals surface area contributed by atoms with Crippen molar-refractivity contribution in [1.29, 1.82) is 0 Å². The summed E-state index contributed by atoms with van der Waals surface area (Å²) in [6.07, 6.45) is 0.108. The number of nitrogens with zero attached hydrogens (tertiary/aromatic N) is 2. The third-order valence-electron chi connectivity index (χ3n) is 7.41. The van der Waals surface area contributed by atoms with Gasteiger partial charge in [-0.2, -0.15) is 26.3 Å². The molecule has 1 unspecified atom stereocenters. The van der Waals surface area contributed by atoms with Crippen molar-refractivity contribution >= 4 is 17.8 Å². The summed E-state index contributed by atoms with van der Waals surface area (Å²) >= 11 is 0. The normalized spacial score (nSPS) is 19.4. The van der Waals surface area contributed by atoms with Crippen LogP contribution in [-0.2, 0) is 26.3 Å². The number of benzene rings is 1. The summed E-state index contributed by atoms with van der Waals surface area (Å²) in [6.45, 7) is 3.22. The maximum Gasteiger partial charge on any atom is 0.490 e. The van der Waals surface area contributed by atoms with Crippen LogP contribution in [0.15, 0.2) is 48.8 Å². The first-order valence-corrected chi connectivity index (χ1v) is 13.2. The molecule has 1 amide bonds. The molecule has 1 aliphatic heterocycles. The molecule has 1 spiro atoms. The average molecular weight is 604 g/mol. The van der Waals surface area contributed by atoms with E-state index in [1.165, 1.54) is 29.5 Å². The number of alkyl halides is 6. The Balaban J connectivity index is 0.000000289. The SMILES string of the molecule is O=C(CC1CC2(CCN(Cc3cccnc3)CC2)c2ccccc21)NC1CC1.O=C(O)C(F)(F)F.O=C(O)C(F)(F)F. The van der Waals surface area contributed by atoms with Crippen LogP contribution in [0.2, 0.25) is 0 Å². The van der Waals surface area contributed by atoms with Crippen LogP contribution in [0.5, 0.6) is 0 Å². The quantitative estimate of drug-likeness (QED) is 0.410. The number of carboxylic acids is 2. The van der Waals surface area contributed by atoms with Crippen LogP contribution in [0.4, 0.5) is 26.3 Å². The molecule has 0 radical (unpaired) electrons. The van der Waals surface area contributed by atoms with Gasteiger partial charge >= 0.3 is 24.3 Å². The number of carboxylic acid groups (broad SMARTS) is 2. The van der Waals surface area contributed by atoms with E-state index in [9.17, 15) is 31.1 Å². The molecule has 1 atom stereocenters. The average Bonchev–Trinajstić information content (AvgIpc) is 3.68. The first kappa shape index (κ1) is 32.8.